The standard InChI is InChI=1S/C23H26F4N4O/c1-3-31(4-2)11-5-10-28-20-9-7-16(13-19(20)23(25,26)27)29-14-18-17-8-6-15(24)12-21(17)30-22(18)32/h6-9,12-14,18,28H,3-5,10-11H2,1-2H3,(H,30,32). The first kappa shape index (κ1) is 23.7. The first-order valence-corrected chi connectivity index (χ1v) is 10.5. The molecule has 1 heterocycles. The zero-order valence-corrected chi connectivity index (χ0v) is 18.0. The fraction of sp³-hybridized carbons (Fsp3) is 0.391. The van der Waals surface area contributed by atoms with Crippen LogP contribution in [0.15, 0.2) is 41.4 Å². The monoisotopic (exact) mass is 450 g/mol. The zero-order chi connectivity index (χ0) is 23.3. The van der Waals surface area contributed by atoms with Gasteiger partial charge in [0, 0.05) is 24.1 Å². The molecule has 172 valence electrons. The van der Waals surface area contributed by atoms with Gasteiger partial charge in [0.2, 0.25) is 5.91 Å². The molecular weight excluding hydrogens is 424 g/mol. The number of carbonyl (C=O) groups is 1. The predicted molar refractivity (Wildman–Crippen MR) is 118 cm³/mol. The van der Waals surface area contributed by atoms with Gasteiger partial charge in [-0.1, -0.05) is 19.9 Å². The summed E-state index contributed by atoms with van der Waals surface area (Å²) in [6, 6.07) is 7.67. The van der Waals surface area contributed by atoms with Gasteiger partial charge in [0.05, 0.1) is 11.3 Å². The zero-order valence-electron chi connectivity index (χ0n) is 18.0. The summed E-state index contributed by atoms with van der Waals surface area (Å²) >= 11 is 0. The van der Waals surface area contributed by atoms with Gasteiger partial charge in [-0.2, -0.15) is 13.2 Å². The van der Waals surface area contributed by atoms with Gasteiger partial charge >= 0.3 is 6.18 Å². The van der Waals surface area contributed by atoms with Gasteiger partial charge in [-0.15, -0.1) is 0 Å². The van der Waals surface area contributed by atoms with E-state index in [-0.39, 0.29) is 11.4 Å². The highest BCUT2D eigenvalue weighted by molar-refractivity contribution is 6.12. The summed E-state index contributed by atoms with van der Waals surface area (Å²) in [6.45, 7) is 7.11. The van der Waals surface area contributed by atoms with E-state index in [9.17, 15) is 22.4 Å². The Hall–Kier alpha value is -2.94. The highest BCUT2D eigenvalue weighted by Crippen LogP contribution is 2.38. The van der Waals surface area contributed by atoms with Crippen molar-refractivity contribution in [1.82, 2.24) is 4.90 Å². The van der Waals surface area contributed by atoms with Crippen LogP contribution in [0.25, 0.3) is 0 Å². The van der Waals surface area contributed by atoms with Gasteiger partial charge in [0.25, 0.3) is 0 Å². The average molecular weight is 450 g/mol. The molecule has 1 unspecified atom stereocenters. The number of carbonyl (C=O) groups excluding carboxylic acids is 1. The van der Waals surface area contributed by atoms with E-state index in [0.29, 0.717) is 17.8 Å². The number of nitrogens with zero attached hydrogens (tertiary/aromatic N) is 2. The number of amides is 1. The predicted octanol–water partition coefficient (Wildman–Crippen LogP) is 5.43. The van der Waals surface area contributed by atoms with E-state index in [1.54, 1.807) is 0 Å². The number of hydrogen-bond donors (Lipinski definition) is 2. The average Bonchev–Trinajstić information content (AvgIpc) is 3.06. The summed E-state index contributed by atoms with van der Waals surface area (Å²) in [7, 11) is 0. The Balaban J connectivity index is 1.74. The van der Waals surface area contributed by atoms with Crippen molar-refractivity contribution in [1.29, 1.82) is 0 Å². The molecule has 2 N–H and O–H groups in total. The second-order valence-electron chi connectivity index (χ2n) is 7.51. The van der Waals surface area contributed by atoms with Gasteiger partial charge in [-0.05, 0) is 62.0 Å². The second kappa shape index (κ2) is 10.1. The second-order valence-corrected chi connectivity index (χ2v) is 7.51. The molecule has 1 aliphatic rings. The van der Waals surface area contributed by atoms with Crippen molar-refractivity contribution < 1.29 is 22.4 Å². The molecular formula is C23H26F4N4O. The third-order valence-electron chi connectivity index (χ3n) is 5.43. The van der Waals surface area contributed by atoms with Gasteiger partial charge in [0.15, 0.2) is 0 Å². The minimum atomic E-state index is -4.55. The summed E-state index contributed by atoms with van der Waals surface area (Å²) in [5, 5.41) is 5.43. The fourth-order valence-electron chi connectivity index (χ4n) is 3.64. The Morgan fingerprint density at radius 2 is 1.91 bits per heavy atom. The van der Waals surface area contributed by atoms with Gasteiger partial charge in [-0.3, -0.25) is 9.79 Å². The smallest absolute Gasteiger partial charge is 0.385 e. The quantitative estimate of drug-likeness (QED) is 0.304. The maximum absolute atomic E-state index is 13.6. The Morgan fingerprint density at radius 1 is 1.16 bits per heavy atom. The van der Waals surface area contributed by atoms with Crippen LogP contribution in [0.4, 0.5) is 34.6 Å². The molecule has 0 saturated heterocycles. The van der Waals surface area contributed by atoms with Crippen molar-refractivity contribution >= 4 is 29.2 Å². The third kappa shape index (κ3) is 5.64. The lowest BCUT2D eigenvalue weighted by Gasteiger charge is -2.19. The van der Waals surface area contributed by atoms with Gasteiger partial charge in [-0.25, -0.2) is 4.39 Å². The van der Waals surface area contributed by atoms with E-state index in [1.807, 2.05) is 13.8 Å². The molecule has 2 aromatic carbocycles. The SMILES string of the molecule is CCN(CC)CCCNc1ccc(N=CC2C(=O)Nc3cc(F)ccc32)cc1C(F)(F)F. The van der Waals surface area contributed by atoms with Crippen LogP contribution in [-0.2, 0) is 11.0 Å². The van der Waals surface area contributed by atoms with Crippen molar-refractivity contribution in [2.24, 2.45) is 4.99 Å². The van der Waals surface area contributed by atoms with Crippen LogP contribution in [0.5, 0.6) is 0 Å². The highest BCUT2D eigenvalue weighted by Gasteiger charge is 2.34. The summed E-state index contributed by atoms with van der Waals surface area (Å²) in [5.74, 6) is -1.69. The van der Waals surface area contributed by atoms with Crippen molar-refractivity contribution in [3.63, 3.8) is 0 Å². The van der Waals surface area contributed by atoms with E-state index in [0.717, 1.165) is 32.1 Å². The van der Waals surface area contributed by atoms with Crippen LogP contribution in [0, 0.1) is 5.82 Å². The van der Waals surface area contributed by atoms with Crippen molar-refractivity contribution in [2.75, 3.05) is 36.8 Å². The van der Waals surface area contributed by atoms with E-state index in [2.05, 4.69) is 20.5 Å². The first-order chi connectivity index (χ1) is 15.2. The van der Waals surface area contributed by atoms with Crippen molar-refractivity contribution in [3.05, 3.63) is 53.3 Å². The maximum atomic E-state index is 13.6. The number of anilines is 2. The van der Waals surface area contributed by atoms with Gasteiger partial charge in [0.1, 0.15) is 11.7 Å². The highest BCUT2D eigenvalue weighted by atomic mass is 19.4. The lowest BCUT2D eigenvalue weighted by Crippen LogP contribution is -2.25. The van der Waals surface area contributed by atoms with E-state index in [1.165, 1.54) is 36.5 Å². The number of nitrogens with one attached hydrogen (secondary N) is 2. The van der Waals surface area contributed by atoms with Crippen LogP contribution in [-0.4, -0.2) is 43.2 Å². The summed E-state index contributed by atoms with van der Waals surface area (Å²) < 4.78 is 54.2. The molecule has 0 fully saturated rings. The molecule has 1 atom stereocenters. The van der Waals surface area contributed by atoms with Crippen LogP contribution < -0.4 is 10.6 Å². The minimum absolute atomic E-state index is 0.00423. The number of hydrogen-bond acceptors (Lipinski definition) is 4. The molecule has 3 rings (SSSR count). The fourth-order valence-corrected chi connectivity index (χ4v) is 3.64. The molecule has 0 spiro atoms. The molecule has 2 aromatic rings. The topological polar surface area (TPSA) is 56.7 Å². The number of rotatable bonds is 9. The minimum Gasteiger partial charge on any atom is -0.385 e. The maximum Gasteiger partial charge on any atom is 0.418 e. The summed E-state index contributed by atoms with van der Waals surface area (Å²) in [4.78, 5) is 18.5. The van der Waals surface area contributed by atoms with Crippen LogP contribution in [0.2, 0.25) is 0 Å². The lowest BCUT2D eigenvalue weighted by atomic mass is 10.0. The van der Waals surface area contributed by atoms with E-state index >= 15 is 0 Å². The Labute approximate surface area is 184 Å². The number of alkyl halides is 3. The molecule has 1 aliphatic heterocycles. The molecule has 5 nitrogen and oxygen atoms in total. The third-order valence-corrected chi connectivity index (χ3v) is 5.43. The van der Waals surface area contributed by atoms with Crippen LogP contribution >= 0.6 is 0 Å². The number of fused-ring (bicyclic) bond motifs is 1. The van der Waals surface area contributed by atoms with Crippen molar-refractivity contribution in [3.8, 4) is 0 Å². The molecule has 1 amide bonds. The largest absolute Gasteiger partial charge is 0.418 e. The number of halogens is 4. The Morgan fingerprint density at radius 3 is 2.59 bits per heavy atom. The Kier molecular flexibility index (Phi) is 7.50. The normalized spacial score (nSPS) is 16.0. The molecule has 0 bridgehead atoms. The van der Waals surface area contributed by atoms with Gasteiger partial charge < -0.3 is 15.5 Å². The molecule has 9 heteroatoms. The molecule has 0 saturated carbocycles. The van der Waals surface area contributed by atoms with E-state index < -0.39 is 29.4 Å². The Bertz CT molecular complexity index is 986. The lowest BCUT2D eigenvalue weighted by molar-refractivity contribution is -0.137. The molecule has 0 aromatic heterocycles. The summed E-state index contributed by atoms with van der Waals surface area (Å²) in [6.07, 6.45) is -2.55. The van der Waals surface area contributed by atoms with Crippen LogP contribution in [0.3, 0.4) is 0 Å². The number of aliphatic imine (C=N–C) groups is 1. The summed E-state index contributed by atoms with van der Waals surface area (Å²) in [5.41, 5.74) is 0.132. The molecule has 0 aliphatic carbocycles. The van der Waals surface area contributed by atoms with Crippen LogP contribution in [0.1, 0.15) is 37.3 Å². The molecule has 32 heavy (non-hydrogen) atoms. The van der Waals surface area contributed by atoms with Crippen molar-refractivity contribution in [2.45, 2.75) is 32.4 Å². The molecule has 0 radical (unpaired) electrons. The number of benzene rings is 2. The first-order valence-electron chi connectivity index (χ1n) is 10.5. The van der Waals surface area contributed by atoms with E-state index in [4.69, 9.17) is 0 Å².